The highest BCUT2D eigenvalue weighted by molar-refractivity contribution is 6.34. The van der Waals surface area contributed by atoms with Crippen LogP contribution in [0.2, 0.25) is 10.0 Å². The first kappa shape index (κ1) is 21.7. The number of benzene rings is 1. The van der Waals surface area contributed by atoms with Crippen LogP contribution in [0.1, 0.15) is 32.3 Å². The zero-order chi connectivity index (χ0) is 21.8. The second-order valence-corrected chi connectivity index (χ2v) is 7.36. The molecule has 3 aromatic rings. The quantitative estimate of drug-likeness (QED) is 0.432. The molecule has 0 radical (unpaired) electrons. The van der Waals surface area contributed by atoms with Gasteiger partial charge in [0.15, 0.2) is 12.4 Å². The predicted octanol–water partition coefficient (Wildman–Crippen LogP) is 4.15. The van der Waals surface area contributed by atoms with Gasteiger partial charge in [0.2, 0.25) is 5.78 Å². The van der Waals surface area contributed by atoms with Crippen LogP contribution in [0, 0.1) is 13.8 Å². The fraction of sp³-hybridized carbons (Fsp3) is 0.190. The molecule has 2 aromatic heterocycles. The van der Waals surface area contributed by atoms with E-state index in [0.29, 0.717) is 21.3 Å². The molecule has 1 N–H and O–H groups in total. The molecule has 0 fully saturated rings. The van der Waals surface area contributed by atoms with Crippen molar-refractivity contribution in [1.29, 1.82) is 0 Å². The largest absolute Gasteiger partial charge is 0.459 e. The van der Waals surface area contributed by atoms with Gasteiger partial charge in [0.25, 0.3) is 5.91 Å². The summed E-state index contributed by atoms with van der Waals surface area (Å²) in [6.07, 6.45) is 1.35. The molecule has 0 aliphatic heterocycles. The number of amides is 1. The van der Waals surface area contributed by atoms with E-state index in [4.69, 9.17) is 32.4 Å². The Labute approximate surface area is 182 Å². The highest BCUT2D eigenvalue weighted by Gasteiger charge is 2.19. The van der Waals surface area contributed by atoms with Crippen molar-refractivity contribution in [3.63, 3.8) is 0 Å². The van der Waals surface area contributed by atoms with E-state index in [1.54, 1.807) is 37.3 Å². The number of Topliss-reactive ketones (excluding diaryl/α,β-unsaturated/α-hetero) is 1. The van der Waals surface area contributed by atoms with Crippen LogP contribution >= 0.6 is 23.2 Å². The maximum absolute atomic E-state index is 12.6. The molecule has 9 heteroatoms. The van der Waals surface area contributed by atoms with Gasteiger partial charge in [-0.1, -0.05) is 23.2 Å². The van der Waals surface area contributed by atoms with Gasteiger partial charge >= 0.3 is 5.97 Å². The molecular weight excluding hydrogens is 431 g/mol. The van der Waals surface area contributed by atoms with Crippen LogP contribution in [-0.4, -0.2) is 35.4 Å². The number of carbonyl (C=O) groups is 3. The minimum absolute atomic E-state index is 0.0763. The molecule has 3 rings (SSSR count). The summed E-state index contributed by atoms with van der Waals surface area (Å²) in [6, 6.07) is 9.83. The molecule has 0 spiro atoms. The van der Waals surface area contributed by atoms with Crippen LogP contribution in [0.4, 0.5) is 0 Å². The smallest absolute Gasteiger partial charge is 0.325 e. The van der Waals surface area contributed by atoms with E-state index in [-0.39, 0.29) is 18.1 Å². The van der Waals surface area contributed by atoms with Crippen molar-refractivity contribution in [3.05, 3.63) is 75.4 Å². The Bertz CT molecular complexity index is 1080. The zero-order valence-corrected chi connectivity index (χ0v) is 17.7. The lowest BCUT2D eigenvalue weighted by Gasteiger charge is -2.11. The highest BCUT2D eigenvalue weighted by atomic mass is 35.5. The number of halogens is 2. The third kappa shape index (κ3) is 4.93. The number of nitrogens with one attached hydrogen (secondary N) is 1. The molecule has 1 amide bonds. The van der Waals surface area contributed by atoms with Gasteiger partial charge in [-0.2, -0.15) is 0 Å². The van der Waals surface area contributed by atoms with Crippen molar-refractivity contribution in [2.24, 2.45) is 0 Å². The van der Waals surface area contributed by atoms with Gasteiger partial charge in [0, 0.05) is 32.7 Å². The summed E-state index contributed by atoms with van der Waals surface area (Å²) in [5.74, 6) is -1.58. The minimum atomic E-state index is -0.737. The van der Waals surface area contributed by atoms with Crippen molar-refractivity contribution in [1.82, 2.24) is 9.88 Å². The third-order valence-electron chi connectivity index (χ3n) is 4.34. The summed E-state index contributed by atoms with van der Waals surface area (Å²) in [5, 5.41) is 3.31. The van der Waals surface area contributed by atoms with E-state index in [1.807, 2.05) is 11.5 Å². The highest BCUT2D eigenvalue weighted by Crippen LogP contribution is 2.26. The molecule has 0 unspecified atom stereocenters. The summed E-state index contributed by atoms with van der Waals surface area (Å²) in [7, 11) is 0. The lowest BCUT2D eigenvalue weighted by atomic mass is 10.1. The Balaban J connectivity index is 1.63. The number of hydrogen-bond donors (Lipinski definition) is 1. The molecule has 1 aromatic carbocycles. The van der Waals surface area contributed by atoms with Crippen LogP contribution in [0.15, 0.2) is 47.1 Å². The van der Waals surface area contributed by atoms with Gasteiger partial charge in [0.1, 0.15) is 6.54 Å². The Kier molecular flexibility index (Phi) is 6.64. The van der Waals surface area contributed by atoms with Crippen molar-refractivity contribution in [3.8, 4) is 5.69 Å². The number of furan rings is 1. The molecular formula is C21H18Cl2N2O5. The van der Waals surface area contributed by atoms with Crippen LogP contribution in [0.5, 0.6) is 0 Å². The normalized spacial score (nSPS) is 10.7. The Morgan fingerprint density at radius 3 is 2.43 bits per heavy atom. The number of hydrogen-bond acceptors (Lipinski definition) is 5. The van der Waals surface area contributed by atoms with Gasteiger partial charge in [0.05, 0.1) is 6.26 Å². The van der Waals surface area contributed by atoms with Gasteiger partial charge in [-0.25, -0.2) is 0 Å². The number of ether oxygens (including phenoxy) is 1. The van der Waals surface area contributed by atoms with Crippen molar-refractivity contribution >= 4 is 40.9 Å². The number of carbonyl (C=O) groups excluding carboxylic acids is 3. The van der Waals surface area contributed by atoms with Gasteiger partial charge in [-0.3, -0.25) is 14.4 Å². The van der Waals surface area contributed by atoms with Gasteiger partial charge in [-0.05, 0) is 50.2 Å². The molecule has 0 atom stereocenters. The number of ketones is 1. The Hall–Kier alpha value is -3.03. The second-order valence-electron chi connectivity index (χ2n) is 6.49. The van der Waals surface area contributed by atoms with E-state index in [9.17, 15) is 14.4 Å². The molecule has 0 bridgehead atoms. The molecule has 7 nitrogen and oxygen atoms in total. The predicted molar refractivity (Wildman–Crippen MR) is 112 cm³/mol. The van der Waals surface area contributed by atoms with Gasteiger partial charge < -0.3 is 19.0 Å². The monoisotopic (exact) mass is 448 g/mol. The average molecular weight is 449 g/mol. The first-order valence-corrected chi connectivity index (χ1v) is 9.68. The minimum Gasteiger partial charge on any atom is -0.459 e. The zero-order valence-electron chi connectivity index (χ0n) is 16.2. The summed E-state index contributed by atoms with van der Waals surface area (Å²) >= 11 is 12.2. The van der Waals surface area contributed by atoms with E-state index >= 15 is 0 Å². The fourth-order valence-corrected chi connectivity index (χ4v) is 3.55. The standard InChI is InChI=1S/C21H18Cl2N2O5/c1-12-6-17(13(2)25(12)16-8-14(22)7-15(23)9-16)18(26)11-30-20(27)10-24-21(28)19-4-3-5-29-19/h3-9H,10-11H2,1-2H3,(H,24,28). The first-order chi connectivity index (χ1) is 14.3. The van der Waals surface area contributed by atoms with Crippen LogP contribution in [-0.2, 0) is 9.53 Å². The topological polar surface area (TPSA) is 90.5 Å². The van der Waals surface area contributed by atoms with Gasteiger partial charge in [-0.15, -0.1) is 0 Å². The number of esters is 1. The average Bonchev–Trinajstić information content (AvgIpc) is 3.31. The summed E-state index contributed by atoms with van der Waals surface area (Å²) in [4.78, 5) is 36.2. The second kappa shape index (κ2) is 9.19. The number of rotatable bonds is 7. The van der Waals surface area contributed by atoms with E-state index < -0.39 is 18.5 Å². The molecule has 0 aliphatic rings. The lowest BCUT2D eigenvalue weighted by molar-refractivity contribution is -0.141. The Morgan fingerprint density at radius 1 is 1.10 bits per heavy atom. The molecule has 0 saturated heterocycles. The van der Waals surface area contributed by atoms with Crippen LogP contribution in [0.3, 0.4) is 0 Å². The third-order valence-corrected chi connectivity index (χ3v) is 4.78. The molecule has 0 aliphatic carbocycles. The number of aryl methyl sites for hydroxylation is 1. The summed E-state index contributed by atoms with van der Waals surface area (Å²) < 4.78 is 11.8. The molecule has 30 heavy (non-hydrogen) atoms. The molecule has 156 valence electrons. The van der Waals surface area contributed by atoms with Crippen LogP contribution < -0.4 is 5.32 Å². The van der Waals surface area contributed by atoms with Crippen LogP contribution in [0.25, 0.3) is 5.69 Å². The molecule has 2 heterocycles. The number of nitrogens with zero attached hydrogens (tertiary/aromatic N) is 1. The SMILES string of the molecule is Cc1cc(C(=O)COC(=O)CNC(=O)c2ccco2)c(C)n1-c1cc(Cl)cc(Cl)c1. The lowest BCUT2D eigenvalue weighted by Crippen LogP contribution is -2.31. The van der Waals surface area contributed by atoms with Crippen molar-refractivity contribution in [2.75, 3.05) is 13.2 Å². The maximum atomic E-state index is 12.6. The van der Waals surface area contributed by atoms with Crippen molar-refractivity contribution < 1.29 is 23.5 Å². The fourth-order valence-electron chi connectivity index (χ4n) is 3.03. The summed E-state index contributed by atoms with van der Waals surface area (Å²) in [6.45, 7) is 2.79. The first-order valence-electron chi connectivity index (χ1n) is 8.92. The number of aromatic nitrogens is 1. The van der Waals surface area contributed by atoms with E-state index in [1.165, 1.54) is 12.3 Å². The maximum Gasteiger partial charge on any atom is 0.325 e. The molecule has 0 saturated carbocycles. The van der Waals surface area contributed by atoms with Crippen molar-refractivity contribution in [2.45, 2.75) is 13.8 Å². The Morgan fingerprint density at radius 2 is 1.80 bits per heavy atom. The summed E-state index contributed by atoms with van der Waals surface area (Å²) in [5.41, 5.74) is 2.60. The van der Waals surface area contributed by atoms with E-state index in [2.05, 4.69) is 5.32 Å². The van der Waals surface area contributed by atoms with E-state index in [0.717, 1.165) is 11.4 Å².